The summed E-state index contributed by atoms with van der Waals surface area (Å²) in [4.78, 5) is 0. The molecule has 0 radical (unpaired) electrons. The maximum Gasteiger partial charge on any atom is 0.129 e. The SMILES string of the molecule is CCCNC(Cc1ccc(C)cc1)c1ccc(Cl)cc1F. The molecule has 0 spiro atoms. The van der Waals surface area contributed by atoms with Crippen molar-refractivity contribution in [2.24, 2.45) is 0 Å². The maximum absolute atomic E-state index is 14.2. The smallest absolute Gasteiger partial charge is 0.129 e. The molecule has 2 rings (SSSR count). The molecule has 0 saturated heterocycles. The van der Waals surface area contributed by atoms with Crippen LogP contribution in [0.2, 0.25) is 5.02 Å². The van der Waals surface area contributed by atoms with Gasteiger partial charge in [0.1, 0.15) is 5.82 Å². The van der Waals surface area contributed by atoms with Crippen LogP contribution >= 0.6 is 11.6 Å². The van der Waals surface area contributed by atoms with E-state index in [9.17, 15) is 4.39 Å². The average Bonchev–Trinajstić information content (AvgIpc) is 2.46. The van der Waals surface area contributed by atoms with Crippen molar-refractivity contribution in [1.29, 1.82) is 0 Å². The van der Waals surface area contributed by atoms with Crippen molar-refractivity contribution in [2.45, 2.75) is 32.7 Å². The molecule has 21 heavy (non-hydrogen) atoms. The second-order valence-electron chi connectivity index (χ2n) is 5.36. The minimum absolute atomic E-state index is 0.0371. The van der Waals surface area contributed by atoms with Crippen LogP contribution in [0.4, 0.5) is 4.39 Å². The maximum atomic E-state index is 14.2. The number of benzene rings is 2. The summed E-state index contributed by atoms with van der Waals surface area (Å²) in [7, 11) is 0. The van der Waals surface area contributed by atoms with Crippen molar-refractivity contribution in [2.75, 3.05) is 6.54 Å². The van der Waals surface area contributed by atoms with Crippen LogP contribution in [0.1, 0.15) is 36.1 Å². The molecule has 0 heterocycles. The van der Waals surface area contributed by atoms with Crippen molar-refractivity contribution >= 4 is 11.6 Å². The summed E-state index contributed by atoms with van der Waals surface area (Å²) in [6, 6.07) is 13.2. The third-order valence-electron chi connectivity index (χ3n) is 3.54. The highest BCUT2D eigenvalue weighted by Crippen LogP contribution is 2.24. The number of aryl methyl sites for hydroxylation is 1. The van der Waals surface area contributed by atoms with E-state index in [2.05, 4.69) is 43.4 Å². The lowest BCUT2D eigenvalue weighted by atomic mass is 9.97. The highest BCUT2D eigenvalue weighted by Gasteiger charge is 2.16. The molecule has 0 amide bonds. The predicted octanol–water partition coefficient (Wildman–Crippen LogP) is 5.07. The van der Waals surface area contributed by atoms with Gasteiger partial charge < -0.3 is 5.32 Å². The third kappa shape index (κ3) is 4.55. The Hall–Kier alpha value is -1.38. The molecule has 1 nitrogen and oxygen atoms in total. The summed E-state index contributed by atoms with van der Waals surface area (Å²) in [5.41, 5.74) is 3.10. The monoisotopic (exact) mass is 305 g/mol. The molecule has 1 atom stereocenters. The second-order valence-corrected chi connectivity index (χ2v) is 5.80. The molecule has 2 aromatic carbocycles. The van der Waals surface area contributed by atoms with Gasteiger partial charge in [-0.3, -0.25) is 0 Å². The summed E-state index contributed by atoms with van der Waals surface area (Å²) in [6.07, 6.45) is 1.78. The van der Waals surface area contributed by atoms with Gasteiger partial charge >= 0.3 is 0 Å². The molecule has 112 valence electrons. The fourth-order valence-electron chi connectivity index (χ4n) is 2.35. The van der Waals surface area contributed by atoms with Crippen LogP contribution in [-0.4, -0.2) is 6.54 Å². The number of hydrogen-bond donors (Lipinski definition) is 1. The Morgan fingerprint density at radius 2 is 1.86 bits per heavy atom. The van der Waals surface area contributed by atoms with E-state index in [1.165, 1.54) is 17.2 Å². The highest BCUT2D eigenvalue weighted by molar-refractivity contribution is 6.30. The number of nitrogens with one attached hydrogen (secondary N) is 1. The average molecular weight is 306 g/mol. The molecule has 0 fully saturated rings. The van der Waals surface area contributed by atoms with Gasteiger partial charge in [-0.2, -0.15) is 0 Å². The van der Waals surface area contributed by atoms with E-state index < -0.39 is 0 Å². The van der Waals surface area contributed by atoms with Crippen molar-refractivity contribution in [1.82, 2.24) is 5.32 Å². The second kappa shape index (κ2) is 7.58. The van der Waals surface area contributed by atoms with Gasteiger partial charge in [0.2, 0.25) is 0 Å². The molecular formula is C18H21ClFN. The number of rotatable bonds is 6. The molecular weight excluding hydrogens is 285 g/mol. The van der Waals surface area contributed by atoms with Crippen molar-refractivity contribution in [3.05, 3.63) is 70.0 Å². The summed E-state index contributed by atoms with van der Waals surface area (Å²) in [5, 5.41) is 3.86. The topological polar surface area (TPSA) is 12.0 Å². The van der Waals surface area contributed by atoms with E-state index in [-0.39, 0.29) is 11.9 Å². The van der Waals surface area contributed by atoms with E-state index >= 15 is 0 Å². The lowest BCUT2D eigenvalue weighted by molar-refractivity contribution is 0.497. The molecule has 2 aromatic rings. The number of halogens is 2. The summed E-state index contributed by atoms with van der Waals surface area (Å²) in [5.74, 6) is -0.247. The Morgan fingerprint density at radius 1 is 1.14 bits per heavy atom. The molecule has 0 saturated carbocycles. The third-order valence-corrected chi connectivity index (χ3v) is 3.77. The Morgan fingerprint density at radius 3 is 2.48 bits per heavy atom. The molecule has 0 aliphatic heterocycles. The Balaban J connectivity index is 2.22. The van der Waals surface area contributed by atoms with Gasteiger partial charge in [-0.15, -0.1) is 0 Å². The minimum atomic E-state index is -0.247. The van der Waals surface area contributed by atoms with Crippen LogP contribution in [-0.2, 0) is 6.42 Å². The molecule has 0 aromatic heterocycles. The molecule has 1 N–H and O–H groups in total. The standard InChI is InChI=1S/C18H21ClFN/c1-3-10-21-18(11-14-6-4-13(2)5-7-14)16-9-8-15(19)12-17(16)20/h4-9,12,18,21H,3,10-11H2,1-2H3. The van der Waals surface area contributed by atoms with Gasteiger partial charge in [0.25, 0.3) is 0 Å². The van der Waals surface area contributed by atoms with Gasteiger partial charge in [0.05, 0.1) is 0 Å². The van der Waals surface area contributed by atoms with Crippen LogP contribution in [0.5, 0.6) is 0 Å². The summed E-state index contributed by atoms with van der Waals surface area (Å²) in [6.45, 7) is 5.03. The fraction of sp³-hybridized carbons (Fsp3) is 0.333. The first-order valence-electron chi connectivity index (χ1n) is 7.34. The van der Waals surface area contributed by atoms with Gasteiger partial charge in [-0.1, -0.05) is 54.4 Å². The first-order valence-corrected chi connectivity index (χ1v) is 7.72. The van der Waals surface area contributed by atoms with E-state index in [0.29, 0.717) is 10.6 Å². The lowest BCUT2D eigenvalue weighted by Gasteiger charge is -2.20. The van der Waals surface area contributed by atoms with Crippen molar-refractivity contribution in [3.63, 3.8) is 0 Å². The normalized spacial score (nSPS) is 12.4. The number of hydrogen-bond acceptors (Lipinski definition) is 1. The largest absolute Gasteiger partial charge is 0.310 e. The van der Waals surface area contributed by atoms with Gasteiger partial charge in [-0.05, 0) is 44.0 Å². The van der Waals surface area contributed by atoms with Crippen molar-refractivity contribution in [3.8, 4) is 0 Å². The van der Waals surface area contributed by atoms with E-state index in [4.69, 9.17) is 11.6 Å². The van der Waals surface area contributed by atoms with E-state index in [1.54, 1.807) is 12.1 Å². The quantitative estimate of drug-likeness (QED) is 0.785. The van der Waals surface area contributed by atoms with Gasteiger partial charge in [-0.25, -0.2) is 4.39 Å². The van der Waals surface area contributed by atoms with E-state index in [0.717, 1.165) is 19.4 Å². The highest BCUT2D eigenvalue weighted by atomic mass is 35.5. The van der Waals surface area contributed by atoms with Gasteiger partial charge in [0.15, 0.2) is 0 Å². The molecule has 1 unspecified atom stereocenters. The minimum Gasteiger partial charge on any atom is -0.310 e. The van der Waals surface area contributed by atoms with Crippen LogP contribution in [0.3, 0.4) is 0 Å². The Kier molecular flexibility index (Phi) is 5.77. The molecule has 0 bridgehead atoms. The van der Waals surface area contributed by atoms with Crippen LogP contribution in [0, 0.1) is 12.7 Å². The van der Waals surface area contributed by atoms with Crippen molar-refractivity contribution < 1.29 is 4.39 Å². The van der Waals surface area contributed by atoms with Crippen LogP contribution < -0.4 is 5.32 Å². The van der Waals surface area contributed by atoms with Crippen LogP contribution in [0.25, 0.3) is 0 Å². The predicted molar refractivity (Wildman–Crippen MR) is 87.3 cm³/mol. The van der Waals surface area contributed by atoms with Crippen LogP contribution in [0.15, 0.2) is 42.5 Å². The lowest BCUT2D eigenvalue weighted by Crippen LogP contribution is -2.25. The molecule has 0 aliphatic rings. The molecule has 3 heteroatoms. The first kappa shape index (κ1) is 16.0. The van der Waals surface area contributed by atoms with E-state index in [1.807, 2.05) is 0 Å². The summed E-state index contributed by atoms with van der Waals surface area (Å²) < 4.78 is 14.2. The Bertz CT molecular complexity index is 580. The van der Waals surface area contributed by atoms with Gasteiger partial charge in [0, 0.05) is 16.6 Å². The molecule has 0 aliphatic carbocycles. The zero-order valence-electron chi connectivity index (χ0n) is 12.5. The zero-order valence-corrected chi connectivity index (χ0v) is 13.3. The Labute approximate surface area is 131 Å². The zero-order chi connectivity index (χ0) is 15.2. The summed E-state index contributed by atoms with van der Waals surface area (Å²) >= 11 is 5.84. The first-order chi connectivity index (χ1) is 10.1. The fourth-order valence-corrected chi connectivity index (χ4v) is 2.51.